The number of rotatable bonds is 6. The van der Waals surface area contributed by atoms with E-state index in [1.165, 1.54) is 0 Å². The summed E-state index contributed by atoms with van der Waals surface area (Å²) >= 11 is 0. The zero-order chi connectivity index (χ0) is 19.2. The average Bonchev–Trinajstić information content (AvgIpc) is 2.59. The lowest BCUT2D eigenvalue weighted by molar-refractivity contribution is -0.114. The summed E-state index contributed by atoms with van der Waals surface area (Å²) in [5, 5.41) is 8.91. The van der Waals surface area contributed by atoms with Crippen molar-refractivity contribution in [2.45, 2.75) is 39.7 Å². The van der Waals surface area contributed by atoms with Crippen molar-refractivity contribution >= 4 is 23.2 Å². The fourth-order valence-corrected chi connectivity index (χ4v) is 2.48. The second-order valence-corrected chi connectivity index (χ2v) is 7.19. The number of carbonyl (C=O) groups excluding carboxylic acids is 2. The van der Waals surface area contributed by atoms with Gasteiger partial charge in [0.2, 0.25) is 5.91 Å². The molecule has 2 aromatic carbocycles. The van der Waals surface area contributed by atoms with Gasteiger partial charge in [-0.3, -0.25) is 9.59 Å². The predicted molar refractivity (Wildman–Crippen MR) is 107 cm³/mol. The van der Waals surface area contributed by atoms with Gasteiger partial charge in [0.15, 0.2) is 0 Å². The van der Waals surface area contributed by atoms with Crippen LogP contribution in [-0.4, -0.2) is 23.9 Å². The summed E-state index contributed by atoms with van der Waals surface area (Å²) in [6.07, 6.45) is 0.863. The molecule has 0 atom stereocenters. The summed E-state index contributed by atoms with van der Waals surface area (Å²) in [5.41, 5.74) is 3.05. The number of hydrogen-bond donors (Lipinski definition) is 3. The maximum atomic E-state index is 12.1. The molecule has 3 N–H and O–H groups in total. The van der Waals surface area contributed by atoms with Crippen molar-refractivity contribution in [1.82, 2.24) is 5.32 Å². The van der Waals surface area contributed by atoms with Crippen LogP contribution < -0.4 is 16.0 Å². The molecule has 0 radical (unpaired) electrons. The monoisotopic (exact) mass is 353 g/mol. The predicted octanol–water partition coefficient (Wildman–Crippen LogP) is 3.83. The first kappa shape index (κ1) is 19.5. The van der Waals surface area contributed by atoms with Crippen LogP contribution >= 0.6 is 0 Å². The largest absolute Gasteiger partial charge is 0.376 e. The van der Waals surface area contributed by atoms with Crippen LogP contribution in [0.4, 0.5) is 11.4 Å². The Bertz CT molecular complexity index is 762. The van der Waals surface area contributed by atoms with Gasteiger partial charge in [-0.1, -0.05) is 25.1 Å². The molecule has 0 bridgehead atoms. The minimum Gasteiger partial charge on any atom is -0.376 e. The smallest absolute Gasteiger partial charge is 0.251 e. The molecule has 0 aliphatic heterocycles. The van der Waals surface area contributed by atoms with Gasteiger partial charge in [0.25, 0.3) is 5.91 Å². The van der Waals surface area contributed by atoms with E-state index in [0.29, 0.717) is 5.56 Å². The van der Waals surface area contributed by atoms with Gasteiger partial charge in [0.05, 0.1) is 6.54 Å². The van der Waals surface area contributed by atoms with Crippen molar-refractivity contribution in [1.29, 1.82) is 0 Å². The molecule has 138 valence electrons. The van der Waals surface area contributed by atoms with E-state index < -0.39 is 0 Å². The van der Waals surface area contributed by atoms with E-state index in [4.69, 9.17) is 0 Å². The molecule has 0 aliphatic rings. The highest BCUT2D eigenvalue weighted by Gasteiger charge is 2.15. The van der Waals surface area contributed by atoms with Crippen LogP contribution in [0.2, 0.25) is 0 Å². The summed E-state index contributed by atoms with van der Waals surface area (Å²) in [7, 11) is 0. The van der Waals surface area contributed by atoms with Gasteiger partial charge in [0.1, 0.15) is 0 Å². The maximum Gasteiger partial charge on any atom is 0.251 e. The molecule has 2 aromatic rings. The highest BCUT2D eigenvalue weighted by atomic mass is 16.2. The van der Waals surface area contributed by atoms with Crippen LogP contribution in [0.3, 0.4) is 0 Å². The van der Waals surface area contributed by atoms with Crippen LogP contribution in [0.25, 0.3) is 0 Å². The van der Waals surface area contributed by atoms with E-state index >= 15 is 0 Å². The Hall–Kier alpha value is -2.82. The molecule has 0 aliphatic carbocycles. The van der Waals surface area contributed by atoms with Gasteiger partial charge in [0, 0.05) is 22.5 Å². The van der Waals surface area contributed by atoms with E-state index in [1.807, 2.05) is 45.0 Å². The fourth-order valence-electron chi connectivity index (χ4n) is 2.48. The molecule has 0 heterocycles. The van der Waals surface area contributed by atoms with Crippen LogP contribution in [0, 0.1) is 0 Å². The molecular weight excluding hydrogens is 326 g/mol. The van der Waals surface area contributed by atoms with Gasteiger partial charge < -0.3 is 16.0 Å². The van der Waals surface area contributed by atoms with Crippen LogP contribution in [0.15, 0.2) is 48.5 Å². The van der Waals surface area contributed by atoms with Crippen LogP contribution in [0.1, 0.15) is 43.6 Å². The van der Waals surface area contributed by atoms with Gasteiger partial charge in [-0.05, 0) is 63.1 Å². The molecule has 0 unspecified atom stereocenters. The van der Waals surface area contributed by atoms with Gasteiger partial charge in [-0.2, -0.15) is 0 Å². The lowest BCUT2D eigenvalue weighted by Crippen LogP contribution is -2.40. The minimum absolute atomic E-state index is 0.111. The Morgan fingerprint density at radius 3 is 2.23 bits per heavy atom. The van der Waals surface area contributed by atoms with Crippen LogP contribution in [0.5, 0.6) is 0 Å². The third kappa shape index (κ3) is 5.92. The molecule has 0 saturated heterocycles. The van der Waals surface area contributed by atoms with E-state index in [9.17, 15) is 9.59 Å². The number of benzene rings is 2. The highest BCUT2D eigenvalue weighted by molar-refractivity contribution is 5.96. The fraction of sp³-hybridized carbons (Fsp3) is 0.333. The minimum atomic E-state index is -0.277. The number of amides is 2. The Morgan fingerprint density at radius 1 is 0.962 bits per heavy atom. The lowest BCUT2D eigenvalue weighted by atomic mass is 10.1. The molecule has 5 nitrogen and oxygen atoms in total. The second-order valence-electron chi connectivity index (χ2n) is 7.19. The number of carbonyl (C=O) groups is 2. The van der Waals surface area contributed by atoms with Crippen molar-refractivity contribution in [2.24, 2.45) is 0 Å². The first-order valence-corrected chi connectivity index (χ1v) is 8.82. The van der Waals surface area contributed by atoms with Crippen molar-refractivity contribution in [3.8, 4) is 0 Å². The van der Waals surface area contributed by atoms with E-state index in [1.54, 1.807) is 24.3 Å². The maximum absolute atomic E-state index is 12.1. The Kier molecular flexibility index (Phi) is 6.39. The van der Waals surface area contributed by atoms with Gasteiger partial charge in [-0.15, -0.1) is 0 Å². The second kappa shape index (κ2) is 8.52. The summed E-state index contributed by atoms with van der Waals surface area (Å²) in [6, 6.07) is 14.9. The Balaban J connectivity index is 1.89. The molecule has 0 aromatic heterocycles. The molecule has 0 fully saturated rings. The normalized spacial score (nSPS) is 10.9. The Labute approximate surface area is 155 Å². The lowest BCUT2D eigenvalue weighted by Gasteiger charge is -2.20. The van der Waals surface area contributed by atoms with E-state index in [-0.39, 0.29) is 23.9 Å². The quantitative estimate of drug-likeness (QED) is 0.739. The first-order chi connectivity index (χ1) is 12.3. The average molecular weight is 353 g/mol. The van der Waals surface area contributed by atoms with Crippen molar-refractivity contribution < 1.29 is 9.59 Å². The van der Waals surface area contributed by atoms with Crippen molar-refractivity contribution in [2.75, 3.05) is 17.2 Å². The summed E-state index contributed by atoms with van der Waals surface area (Å²) < 4.78 is 0. The first-order valence-electron chi connectivity index (χ1n) is 8.82. The summed E-state index contributed by atoms with van der Waals surface area (Å²) in [6.45, 7) is 8.04. The molecule has 0 spiro atoms. The highest BCUT2D eigenvalue weighted by Crippen LogP contribution is 2.15. The molecule has 0 saturated carbocycles. The number of nitrogens with one attached hydrogen (secondary N) is 3. The third-order valence-corrected chi connectivity index (χ3v) is 3.76. The van der Waals surface area contributed by atoms with Gasteiger partial charge >= 0.3 is 0 Å². The molecule has 2 rings (SSSR count). The molecule has 26 heavy (non-hydrogen) atoms. The zero-order valence-electron chi connectivity index (χ0n) is 15.8. The molecule has 2 amide bonds. The SMILES string of the molecule is CCc1ccccc1NC(=O)CNc1ccc(C(=O)NC(C)(C)C)cc1. The number of anilines is 2. The summed E-state index contributed by atoms with van der Waals surface area (Å²) in [4.78, 5) is 24.3. The van der Waals surface area contributed by atoms with Crippen LogP contribution in [-0.2, 0) is 11.2 Å². The number of hydrogen-bond acceptors (Lipinski definition) is 3. The topological polar surface area (TPSA) is 70.2 Å². The molecule has 5 heteroatoms. The van der Waals surface area contributed by atoms with Crippen molar-refractivity contribution in [3.05, 3.63) is 59.7 Å². The molecular formula is C21H27N3O2. The van der Waals surface area contributed by atoms with E-state index in [0.717, 1.165) is 23.4 Å². The zero-order valence-corrected chi connectivity index (χ0v) is 15.8. The van der Waals surface area contributed by atoms with Gasteiger partial charge in [-0.25, -0.2) is 0 Å². The third-order valence-electron chi connectivity index (χ3n) is 3.76. The van der Waals surface area contributed by atoms with E-state index in [2.05, 4.69) is 22.9 Å². The standard InChI is InChI=1S/C21H27N3O2/c1-5-15-8-6-7-9-18(15)23-19(25)14-22-17-12-10-16(11-13-17)20(26)24-21(2,3)4/h6-13,22H,5,14H2,1-4H3,(H,23,25)(H,24,26). The Morgan fingerprint density at radius 2 is 1.62 bits per heavy atom. The summed E-state index contributed by atoms with van der Waals surface area (Å²) in [5.74, 6) is -0.224. The van der Waals surface area contributed by atoms with Crippen molar-refractivity contribution in [3.63, 3.8) is 0 Å². The number of aryl methyl sites for hydroxylation is 1. The number of para-hydroxylation sites is 1.